The van der Waals surface area contributed by atoms with E-state index in [1.54, 1.807) is 0 Å². The Labute approximate surface area is 277 Å². The van der Waals surface area contributed by atoms with Crippen LogP contribution in [-0.2, 0) is 19.1 Å². The Hall–Kier alpha value is -1.83. The van der Waals surface area contributed by atoms with E-state index < -0.39 is 24.1 Å². The van der Waals surface area contributed by atoms with E-state index in [-0.39, 0.29) is 5.97 Å². The summed E-state index contributed by atoms with van der Waals surface area (Å²) in [5.41, 5.74) is 5.80. The summed E-state index contributed by atoms with van der Waals surface area (Å²) in [6, 6.07) is -1.15. The maximum atomic E-state index is 12.0. The molecule has 2 atom stereocenters. The van der Waals surface area contributed by atoms with Crippen molar-refractivity contribution in [3.63, 3.8) is 0 Å². The number of rotatable bonds is 31. The maximum Gasteiger partial charge on any atom is 0.405 e. The van der Waals surface area contributed by atoms with Crippen molar-refractivity contribution in [1.82, 2.24) is 5.32 Å². The van der Waals surface area contributed by atoms with Gasteiger partial charge in [-0.1, -0.05) is 169 Å². The van der Waals surface area contributed by atoms with Crippen LogP contribution in [0, 0.1) is 0 Å². The Bertz CT molecular complexity index is 661. The second-order valence-corrected chi connectivity index (χ2v) is 12.6. The van der Waals surface area contributed by atoms with Crippen LogP contribution in [0.1, 0.15) is 195 Å². The Morgan fingerprint density at radius 1 is 0.511 bits per heavy atom. The molecule has 8 heteroatoms. The molecule has 0 radical (unpaired) electrons. The molecule has 0 rings (SSSR count). The summed E-state index contributed by atoms with van der Waals surface area (Å²) >= 11 is 0. The Morgan fingerprint density at radius 2 is 0.844 bits per heavy atom. The first-order chi connectivity index (χ1) is 21.8. The van der Waals surface area contributed by atoms with Gasteiger partial charge < -0.3 is 25.6 Å². The van der Waals surface area contributed by atoms with Crippen molar-refractivity contribution in [3.05, 3.63) is 0 Å². The fraction of sp³-hybridized carbons (Fsp3) is 0.919. The number of hydrogen-bond acceptors (Lipinski definition) is 6. The van der Waals surface area contributed by atoms with Gasteiger partial charge in [0.05, 0.1) is 13.2 Å². The molecule has 0 aliphatic heterocycles. The van der Waals surface area contributed by atoms with Crippen LogP contribution in [0.25, 0.3) is 0 Å². The lowest BCUT2D eigenvalue weighted by atomic mass is 10.1. The quantitative estimate of drug-likeness (QED) is 0.0507. The normalized spacial score (nSPS) is 12.1. The summed E-state index contributed by atoms with van der Waals surface area (Å²) in [6.45, 7) is 9.62. The molecule has 0 aromatic heterocycles. The van der Waals surface area contributed by atoms with Gasteiger partial charge in [-0.25, -0.2) is 9.59 Å². The molecule has 4 N–H and O–H groups in total. The highest BCUT2D eigenvalue weighted by Gasteiger charge is 2.21. The Morgan fingerprint density at radius 3 is 1.24 bits per heavy atom. The molecule has 45 heavy (non-hydrogen) atoms. The second-order valence-electron chi connectivity index (χ2n) is 12.6. The van der Waals surface area contributed by atoms with Gasteiger partial charge in [-0.2, -0.15) is 0 Å². The molecule has 0 saturated heterocycles. The molecule has 0 aromatic carbocycles. The molecule has 0 bridgehead atoms. The number of hydrogen-bond donors (Lipinski definition) is 3. The van der Waals surface area contributed by atoms with Crippen LogP contribution in [0.5, 0.6) is 0 Å². The van der Waals surface area contributed by atoms with E-state index in [4.69, 9.17) is 20.3 Å². The van der Waals surface area contributed by atoms with E-state index in [0.29, 0.717) is 19.6 Å². The summed E-state index contributed by atoms with van der Waals surface area (Å²) in [5.74, 6) is -0.654. The number of ether oxygens (including phenoxy) is 2. The lowest BCUT2D eigenvalue weighted by Gasteiger charge is -2.15. The van der Waals surface area contributed by atoms with Gasteiger partial charge in [-0.05, 0) is 25.7 Å². The van der Waals surface area contributed by atoms with E-state index in [2.05, 4.69) is 33.0 Å². The van der Waals surface area contributed by atoms with Crippen molar-refractivity contribution in [2.75, 3.05) is 13.2 Å². The van der Waals surface area contributed by atoms with Crippen LogP contribution in [-0.4, -0.2) is 48.4 Å². The summed E-state index contributed by atoms with van der Waals surface area (Å²) in [4.78, 5) is 34.4. The molecule has 0 spiro atoms. The van der Waals surface area contributed by atoms with Crippen molar-refractivity contribution in [2.45, 2.75) is 207 Å². The average Bonchev–Trinajstić information content (AvgIpc) is 3.02. The molecule has 0 fully saturated rings. The van der Waals surface area contributed by atoms with E-state index in [0.717, 1.165) is 70.6 Å². The predicted octanol–water partition coefficient (Wildman–Crippen LogP) is 10.2. The largest absolute Gasteiger partial charge is 0.465 e. The topological polar surface area (TPSA) is 128 Å². The fourth-order valence-corrected chi connectivity index (χ4v) is 5.11. The number of carbonyl (C=O) groups is 3. The zero-order valence-electron chi connectivity index (χ0n) is 30.0. The first kappa shape index (κ1) is 45.3. The van der Waals surface area contributed by atoms with E-state index >= 15 is 0 Å². The molecule has 2 unspecified atom stereocenters. The van der Waals surface area contributed by atoms with Crippen molar-refractivity contribution in [1.29, 1.82) is 0 Å². The number of carbonyl (C=O) groups excluding carboxylic acids is 2. The first-order valence-electron chi connectivity index (χ1n) is 18.9. The molecule has 1 amide bonds. The van der Waals surface area contributed by atoms with Gasteiger partial charge in [0.2, 0.25) is 0 Å². The lowest BCUT2D eigenvalue weighted by Crippen LogP contribution is -2.41. The standard InChI is InChI=1S/C19H37NO4.C18H37NO2/c1-3-5-7-8-9-10-11-12-14-16-24-18(21)17(20-19(22)23)15-13-6-4-2;1-3-5-7-8-9-10-11-12-14-16-21-18(20)17(19)15-13-6-4-2/h17,20H,3-16H2,1-2H3,(H,22,23);17H,3-16,19H2,1-2H3. The fourth-order valence-electron chi connectivity index (χ4n) is 5.11. The number of nitrogens with one attached hydrogen (secondary N) is 1. The average molecular weight is 643 g/mol. The monoisotopic (exact) mass is 643 g/mol. The molecule has 0 aromatic rings. The van der Waals surface area contributed by atoms with Gasteiger partial charge in [0.1, 0.15) is 12.1 Å². The predicted molar refractivity (Wildman–Crippen MR) is 188 cm³/mol. The molecule has 0 saturated carbocycles. The third-order valence-electron chi connectivity index (χ3n) is 8.08. The van der Waals surface area contributed by atoms with Gasteiger partial charge in [0.15, 0.2) is 0 Å². The minimum Gasteiger partial charge on any atom is -0.465 e. The van der Waals surface area contributed by atoms with Crippen LogP contribution in [0.2, 0.25) is 0 Å². The van der Waals surface area contributed by atoms with Gasteiger partial charge in [0.25, 0.3) is 0 Å². The molecule has 268 valence electrons. The SMILES string of the molecule is CCCCCCCCCCCOC(=O)C(CCCCC)NC(=O)O.CCCCCCCCCCCOC(=O)C(N)CCCCC. The third kappa shape index (κ3) is 34.9. The lowest BCUT2D eigenvalue weighted by molar-refractivity contribution is -0.146. The van der Waals surface area contributed by atoms with Crippen LogP contribution in [0.3, 0.4) is 0 Å². The van der Waals surface area contributed by atoms with E-state index in [1.807, 2.05) is 0 Å². The van der Waals surface area contributed by atoms with Crippen molar-refractivity contribution in [3.8, 4) is 0 Å². The number of esters is 2. The number of nitrogens with two attached hydrogens (primary N) is 1. The number of carboxylic acid groups (broad SMARTS) is 1. The highest BCUT2D eigenvalue weighted by Crippen LogP contribution is 2.12. The maximum absolute atomic E-state index is 12.0. The molecule has 0 heterocycles. The third-order valence-corrected chi connectivity index (χ3v) is 8.08. The summed E-state index contributed by atoms with van der Waals surface area (Å²) in [5, 5.41) is 11.1. The minimum absolute atomic E-state index is 0.217. The van der Waals surface area contributed by atoms with Gasteiger partial charge in [0, 0.05) is 0 Å². The molecule has 0 aliphatic rings. The summed E-state index contributed by atoms with van der Waals surface area (Å²) in [6.07, 6.45) is 28.7. The van der Waals surface area contributed by atoms with Crippen LogP contribution in [0.4, 0.5) is 4.79 Å². The second kappa shape index (κ2) is 36.6. The summed E-state index contributed by atoms with van der Waals surface area (Å²) < 4.78 is 10.5. The van der Waals surface area contributed by atoms with Gasteiger partial charge >= 0.3 is 18.0 Å². The van der Waals surface area contributed by atoms with E-state index in [1.165, 1.54) is 89.9 Å². The smallest absolute Gasteiger partial charge is 0.405 e. The number of amides is 1. The van der Waals surface area contributed by atoms with Gasteiger partial charge in [-0.15, -0.1) is 0 Å². The first-order valence-corrected chi connectivity index (χ1v) is 18.9. The number of unbranched alkanes of at least 4 members (excludes halogenated alkanes) is 20. The molecular weight excluding hydrogens is 568 g/mol. The Balaban J connectivity index is 0. The van der Waals surface area contributed by atoms with Crippen molar-refractivity contribution < 1.29 is 29.0 Å². The molecule has 0 aliphatic carbocycles. The highest BCUT2D eigenvalue weighted by atomic mass is 16.5. The minimum atomic E-state index is -1.17. The van der Waals surface area contributed by atoms with Crippen LogP contribution >= 0.6 is 0 Å². The van der Waals surface area contributed by atoms with E-state index in [9.17, 15) is 14.4 Å². The zero-order valence-corrected chi connectivity index (χ0v) is 30.0. The van der Waals surface area contributed by atoms with Crippen LogP contribution in [0.15, 0.2) is 0 Å². The zero-order chi connectivity index (χ0) is 33.8. The highest BCUT2D eigenvalue weighted by molar-refractivity contribution is 5.80. The molecular formula is C37H74N2O6. The van der Waals surface area contributed by atoms with Gasteiger partial charge in [-0.3, -0.25) is 4.79 Å². The Kier molecular flexibility index (Phi) is 36.9. The molecule has 8 nitrogen and oxygen atoms in total. The van der Waals surface area contributed by atoms with Crippen LogP contribution < -0.4 is 11.1 Å². The van der Waals surface area contributed by atoms with Crippen molar-refractivity contribution in [2.24, 2.45) is 5.73 Å². The van der Waals surface area contributed by atoms with Crippen molar-refractivity contribution >= 4 is 18.0 Å². The summed E-state index contributed by atoms with van der Waals surface area (Å²) in [7, 11) is 0.